The van der Waals surface area contributed by atoms with Gasteiger partial charge in [0.25, 0.3) is 0 Å². The lowest BCUT2D eigenvalue weighted by atomic mass is 10.1. The molecule has 8 nitrogen and oxygen atoms in total. The van der Waals surface area contributed by atoms with E-state index in [1.807, 2.05) is 37.8 Å². The Morgan fingerprint density at radius 3 is 1.45 bits per heavy atom. The van der Waals surface area contributed by atoms with Crippen LogP contribution in [0.5, 0.6) is 34.5 Å². The first kappa shape index (κ1) is 36.0. The molecule has 0 saturated carbocycles. The van der Waals surface area contributed by atoms with Crippen molar-refractivity contribution in [3.63, 3.8) is 0 Å². The normalized spacial score (nSPS) is 13.1. The second-order valence-electron chi connectivity index (χ2n) is 16.0. The van der Waals surface area contributed by atoms with Gasteiger partial charge in [0.1, 0.15) is 28.2 Å². The fourth-order valence-corrected chi connectivity index (χ4v) is 8.40. The Labute approximate surface area is 268 Å². The highest BCUT2D eigenvalue weighted by Crippen LogP contribution is 2.46. The molecule has 0 bridgehead atoms. The Hall–Kier alpha value is -2.47. The van der Waals surface area contributed by atoms with Crippen molar-refractivity contribution in [2.45, 2.75) is 98.2 Å². The van der Waals surface area contributed by atoms with Crippen LogP contribution in [-0.4, -0.2) is 48.7 Å². The van der Waals surface area contributed by atoms with Crippen molar-refractivity contribution in [3.05, 3.63) is 34.5 Å². The van der Waals surface area contributed by atoms with Crippen molar-refractivity contribution in [2.24, 2.45) is 0 Å². The number of rotatable bonds is 12. The first-order valence-electron chi connectivity index (χ1n) is 15.1. The average molecular weight is 693 g/mol. The maximum atomic E-state index is 14.5. The number of ether oxygens (including phenoxy) is 1. The first-order chi connectivity index (χ1) is 19.8. The lowest BCUT2D eigenvalue weighted by molar-refractivity contribution is 0.383. The van der Waals surface area contributed by atoms with E-state index in [-0.39, 0.29) is 11.2 Å². The van der Waals surface area contributed by atoms with Gasteiger partial charge >= 0.3 is 0 Å². The summed E-state index contributed by atoms with van der Waals surface area (Å²) >= 11 is 0. The molecule has 0 saturated heterocycles. The van der Waals surface area contributed by atoms with E-state index in [4.69, 9.17) is 31.3 Å². The number of fused-ring (bicyclic) bond motifs is 1. The molecule has 0 atom stereocenters. The van der Waals surface area contributed by atoms with Gasteiger partial charge in [0, 0.05) is 17.7 Å². The van der Waals surface area contributed by atoms with Crippen LogP contribution >= 0.6 is 0 Å². The van der Waals surface area contributed by atoms with Crippen molar-refractivity contribution in [1.29, 1.82) is 0 Å². The summed E-state index contributed by atoms with van der Waals surface area (Å²) in [5.74, 6) is 3.13. The van der Waals surface area contributed by atoms with Crippen molar-refractivity contribution >= 4 is 52.6 Å². The lowest BCUT2D eigenvalue weighted by Gasteiger charge is -2.28. The summed E-state index contributed by atoms with van der Waals surface area (Å²) in [6, 6.07) is 7.31. The van der Waals surface area contributed by atoms with Gasteiger partial charge in [-0.25, -0.2) is 0 Å². The molecule has 13 heteroatoms. The fraction of sp³-hybridized carbons (Fsp3) is 0.516. The zero-order valence-electron chi connectivity index (χ0n) is 29.6. The molecule has 3 rings (SSSR count). The summed E-state index contributed by atoms with van der Waals surface area (Å²) in [4.78, 5) is 14.5. The van der Waals surface area contributed by atoms with Gasteiger partial charge in [-0.2, -0.15) is 0 Å². The molecule has 0 spiro atoms. The quantitative estimate of drug-likeness (QED) is 0.174. The van der Waals surface area contributed by atoms with Gasteiger partial charge < -0.3 is 31.3 Å². The molecule has 244 valence electrons. The van der Waals surface area contributed by atoms with Gasteiger partial charge in [0.15, 0.2) is 23.0 Å². The van der Waals surface area contributed by atoms with Crippen molar-refractivity contribution < 1.29 is 31.3 Å². The Bertz CT molecular complexity index is 1570. The molecule has 0 unspecified atom stereocenters. The molecule has 0 radical (unpaired) electrons. The molecule has 0 aliphatic heterocycles. The summed E-state index contributed by atoms with van der Waals surface area (Å²) in [5, 5.41) is 0.344. The maximum Gasteiger partial charge on any atom is 0.242 e. The van der Waals surface area contributed by atoms with E-state index < -0.39 is 41.6 Å². The third-order valence-electron chi connectivity index (χ3n) is 5.47. The molecule has 0 N–H and O–H groups in total. The molecule has 0 aliphatic rings. The van der Waals surface area contributed by atoms with Crippen LogP contribution in [0.25, 0.3) is 22.3 Å². The second kappa shape index (κ2) is 12.4. The number of benzene rings is 2. The second-order valence-corrected chi connectivity index (χ2v) is 38.1. The summed E-state index contributed by atoms with van der Waals surface area (Å²) < 4.78 is 45.0. The fourth-order valence-electron chi connectivity index (χ4n) is 4.33. The predicted octanol–water partition coefficient (Wildman–Crippen LogP) is 9.54. The van der Waals surface area contributed by atoms with Crippen LogP contribution in [-0.2, 0) is 0 Å². The van der Waals surface area contributed by atoms with E-state index in [1.54, 1.807) is 13.2 Å². The molecule has 1 heterocycles. The van der Waals surface area contributed by atoms with Crippen LogP contribution in [0, 0.1) is 0 Å². The van der Waals surface area contributed by atoms with Crippen molar-refractivity contribution in [3.8, 4) is 45.8 Å². The van der Waals surface area contributed by atoms with Crippen LogP contribution in [0.1, 0.15) is 0 Å². The van der Waals surface area contributed by atoms with E-state index in [0.29, 0.717) is 51.0 Å². The van der Waals surface area contributed by atoms with E-state index in [1.165, 1.54) is 0 Å². The topological polar surface area (TPSA) is 85.6 Å². The van der Waals surface area contributed by atoms with E-state index in [2.05, 4.69) is 78.6 Å². The smallest absolute Gasteiger partial charge is 0.242 e. The third kappa shape index (κ3) is 10.0. The minimum Gasteiger partial charge on any atom is -0.544 e. The largest absolute Gasteiger partial charge is 0.544 e. The van der Waals surface area contributed by atoms with Crippen LogP contribution in [0.3, 0.4) is 0 Å². The molecule has 3 aromatic rings. The predicted molar refractivity (Wildman–Crippen MR) is 194 cm³/mol. The number of hydrogen-bond acceptors (Lipinski definition) is 8. The summed E-state index contributed by atoms with van der Waals surface area (Å²) in [7, 11) is -8.95. The highest BCUT2D eigenvalue weighted by molar-refractivity contribution is 6.72. The molecule has 0 aliphatic carbocycles. The van der Waals surface area contributed by atoms with Gasteiger partial charge in [-0.1, -0.05) is 0 Å². The summed E-state index contributed by atoms with van der Waals surface area (Å²) in [6.07, 6.45) is 0. The minimum atomic E-state index is -2.29. The van der Waals surface area contributed by atoms with Gasteiger partial charge in [-0.05, 0) is 110 Å². The highest BCUT2D eigenvalue weighted by atomic mass is 28.4. The van der Waals surface area contributed by atoms with Crippen LogP contribution in [0.4, 0.5) is 0 Å². The van der Waals surface area contributed by atoms with Gasteiger partial charge in [0.2, 0.25) is 47.0 Å². The van der Waals surface area contributed by atoms with E-state index in [9.17, 15) is 4.79 Å². The molecule has 0 amide bonds. The zero-order chi connectivity index (χ0) is 33.6. The summed E-state index contributed by atoms with van der Waals surface area (Å²) in [5.41, 5.74) is 0.672. The monoisotopic (exact) mass is 692 g/mol. The van der Waals surface area contributed by atoms with Crippen LogP contribution in [0.15, 0.2) is 33.5 Å². The standard InChI is InChI=1S/C31H52O8Si5/c1-33-25-17-21(18-26(37-42(8,9)10)30(25)38-43(11,12)13)29-31(39-44(14,15)16)28(32)27-23(34-29)19-22(35-40(2,3)4)20-24(27)36-41(5,6)7/h17-20H,1-16H3. The van der Waals surface area contributed by atoms with E-state index in [0.717, 1.165) is 0 Å². The average Bonchev–Trinajstić information content (AvgIpc) is 2.76. The van der Waals surface area contributed by atoms with Gasteiger partial charge in [-0.15, -0.1) is 0 Å². The van der Waals surface area contributed by atoms with Gasteiger partial charge in [0.05, 0.1) is 7.11 Å². The molecule has 44 heavy (non-hydrogen) atoms. The molecule has 0 fully saturated rings. The molecule has 2 aromatic carbocycles. The minimum absolute atomic E-state index is 0.149. The van der Waals surface area contributed by atoms with Crippen LogP contribution < -0.4 is 32.3 Å². The van der Waals surface area contributed by atoms with Crippen molar-refractivity contribution in [2.75, 3.05) is 7.11 Å². The molecular weight excluding hydrogens is 641 g/mol. The first-order valence-corrected chi connectivity index (χ1v) is 32.1. The van der Waals surface area contributed by atoms with Crippen LogP contribution in [0.2, 0.25) is 98.2 Å². The Morgan fingerprint density at radius 1 is 0.523 bits per heavy atom. The molecular formula is C31H52O8Si5. The molecule has 1 aromatic heterocycles. The Morgan fingerprint density at radius 2 is 0.977 bits per heavy atom. The highest BCUT2D eigenvalue weighted by Gasteiger charge is 2.32. The van der Waals surface area contributed by atoms with Crippen molar-refractivity contribution in [1.82, 2.24) is 0 Å². The SMILES string of the molecule is COc1cc(-c2oc3cc(O[Si](C)(C)C)cc(O[Si](C)(C)C)c3c(=O)c2O[Si](C)(C)C)cc(O[Si](C)(C)C)c1O[Si](C)(C)C. The maximum absolute atomic E-state index is 14.5. The van der Waals surface area contributed by atoms with Gasteiger partial charge in [-0.3, -0.25) is 4.79 Å². The third-order valence-corrected chi connectivity index (χ3v) is 9.61. The summed E-state index contributed by atoms with van der Waals surface area (Å²) in [6.45, 7) is 31.4. The van der Waals surface area contributed by atoms with E-state index >= 15 is 0 Å². The Balaban J connectivity index is 2.50. The number of hydrogen-bond donors (Lipinski definition) is 0. The number of methoxy groups -OCH3 is 1. The zero-order valence-corrected chi connectivity index (χ0v) is 34.6. The lowest BCUT2D eigenvalue weighted by Crippen LogP contribution is -2.33. The Kier molecular flexibility index (Phi) is 10.1.